The van der Waals surface area contributed by atoms with Gasteiger partial charge in [0.2, 0.25) is 5.91 Å². The number of thiocarbonyl (C=S) groups is 1. The molecule has 0 saturated carbocycles. The van der Waals surface area contributed by atoms with Gasteiger partial charge in [-0.15, -0.1) is 6.58 Å². The van der Waals surface area contributed by atoms with Crippen LogP contribution in [0.5, 0.6) is 0 Å². The number of hydrogen-bond acceptors (Lipinski definition) is 3. The molecule has 0 fully saturated rings. The molecule has 0 bridgehead atoms. The quantitative estimate of drug-likeness (QED) is 0.307. The number of aliphatic hydroxyl groups is 1. The Morgan fingerprint density at radius 1 is 1.47 bits per heavy atom. The molecule has 0 aliphatic heterocycles. The largest absolute Gasteiger partial charge is 0.393 e. The summed E-state index contributed by atoms with van der Waals surface area (Å²) in [5, 5.41) is 12.6. The summed E-state index contributed by atoms with van der Waals surface area (Å²) in [5.74, 6) is -0.341. The lowest BCUT2D eigenvalue weighted by molar-refractivity contribution is -0.126. The van der Waals surface area contributed by atoms with E-state index in [1.807, 2.05) is 0 Å². The molecular weight excluding hydrogens is 262 g/mol. The van der Waals surface area contributed by atoms with E-state index in [9.17, 15) is 9.90 Å². The highest BCUT2D eigenvalue weighted by atomic mass is 32.1. The predicted molar refractivity (Wildman–Crippen MR) is 81.4 cm³/mol. The Labute approximate surface area is 120 Å². The summed E-state index contributed by atoms with van der Waals surface area (Å²) in [6.45, 7) is 7.86. The van der Waals surface area contributed by atoms with Crippen LogP contribution in [0.2, 0.25) is 0 Å². The zero-order valence-electron chi connectivity index (χ0n) is 11.7. The van der Waals surface area contributed by atoms with E-state index in [0.29, 0.717) is 18.1 Å². The lowest BCUT2D eigenvalue weighted by atomic mass is 9.95. The Bertz CT molecular complexity index is 296. The summed E-state index contributed by atoms with van der Waals surface area (Å²) in [4.78, 5) is 12.0. The van der Waals surface area contributed by atoms with E-state index in [-0.39, 0.29) is 11.8 Å². The molecule has 0 aromatic carbocycles. The standard InChI is InChI=1S/C13H25N3O2S/c1-4-6-7-11(9-10(3)17)12(18)15-16-13(19)14-8-5-2/h5,10-11,17H,2,4,6-9H2,1,3H3,(H,15,18)(H2,14,16,19)/t10-,11-/m0/s1. The minimum Gasteiger partial charge on any atom is -0.393 e. The zero-order valence-corrected chi connectivity index (χ0v) is 12.6. The van der Waals surface area contributed by atoms with E-state index >= 15 is 0 Å². The fourth-order valence-electron chi connectivity index (χ4n) is 1.65. The molecule has 0 radical (unpaired) electrons. The van der Waals surface area contributed by atoms with Gasteiger partial charge in [-0.05, 0) is 32.0 Å². The number of hydrazine groups is 1. The van der Waals surface area contributed by atoms with Crippen molar-refractivity contribution in [2.75, 3.05) is 6.54 Å². The van der Waals surface area contributed by atoms with Gasteiger partial charge in [0.1, 0.15) is 0 Å². The third kappa shape index (κ3) is 9.44. The Morgan fingerprint density at radius 3 is 2.68 bits per heavy atom. The zero-order chi connectivity index (χ0) is 14.7. The molecule has 0 saturated heterocycles. The average Bonchev–Trinajstić information content (AvgIpc) is 2.37. The maximum absolute atomic E-state index is 12.0. The summed E-state index contributed by atoms with van der Waals surface area (Å²) < 4.78 is 0. The number of rotatable bonds is 8. The number of hydrogen-bond donors (Lipinski definition) is 4. The summed E-state index contributed by atoms with van der Waals surface area (Å²) in [7, 11) is 0. The van der Waals surface area contributed by atoms with Gasteiger partial charge in [-0.1, -0.05) is 25.8 Å². The van der Waals surface area contributed by atoms with Gasteiger partial charge in [-0.2, -0.15) is 0 Å². The summed E-state index contributed by atoms with van der Waals surface area (Å²) >= 11 is 4.97. The first kappa shape index (κ1) is 17.9. The highest BCUT2D eigenvalue weighted by Gasteiger charge is 2.19. The molecule has 0 unspecified atom stereocenters. The molecule has 1 amide bonds. The number of carbonyl (C=O) groups excluding carboxylic acids is 1. The van der Waals surface area contributed by atoms with E-state index in [4.69, 9.17) is 12.2 Å². The molecule has 0 aromatic rings. The van der Waals surface area contributed by atoms with Crippen LogP contribution < -0.4 is 16.2 Å². The second kappa shape index (κ2) is 10.8. The highest BCUT2D eigenvalue weighted by Crippen LogP contribution is 2.15. The Kier molecular flexibility index (Phi) is 10.1. The fourth-order valence-corrected chi connectivity index (χ4v) is 1.78. The van der Waals surface area contributed by atoms with Crippen molar-refractivity contribution in [2.45, 2.75) is 45.6 Å². The molecule has 0 aromatic heterocycles. The molecule has 0 heterocycles. The minimum absolute atomic E-state index is 0.142. The molecule has 19 heavy (non-hydrogen) atoms. The molecule has 0 aliphatic carbocycles. The molecule has 110 valence electrons. The van der Waals surface area contributed by atoms with Crippen molar-refractivity contribution in [1.29, 1.82) is 0 Å². The van der Waals surface area contributed by atoms with Gasteiger partial charge in [-0.25, -0.2) is 0 Å². The summed E-state index contributed by atoms with van der Waals surface area (Å²) in [5.41, 5.74) is 5.21. The van der Waals surface area contributed by atoms with E-state index in [0.717, 1.165) is 19.3 Å². The molecule has 5 nitrogen and oxygen atoms in total. The van der Waals surface area contributed by atoms with Crippen LogP contribution in [-0.2, 0) is 4.79 Å². The summed E-state index contributed by atoms with van der Waals surface area (Å²) in [6, 6.07) is 0. The number of carbonyl (C=O) groups is 1. The molecule has 4 N–H and O–H groups in total. The maximum atomic E-state index is 12.0. The lowest BCUT2D eigenvalue weighted by Crippen LogP contribution is -2.49. The van der Waals surface area contributed by atoms with E-state index in [1.165, 1.54) is 0 Å². The minimum atomic E-state index is -0.488. The molecule has 0 aliphatic rings. The van der Waals surface area contributed by atoms with Crippen molar-refractivity contribution in [3.05, 3.63) is 12.7 Å². The Hall–Kier alpha value is -1.14. The molecule has 6 heteroatoms. The number of unbranched alkanes of at least 4 members (excludes halogenated alkanes) is 1. The van der Waals surface area contributed by atoms with Crippen LogP contribution in [0.25, 0.3) is 0 Å². The topological polar surface area (TPSA) is 73.4 Å². The van der Waals surface area contributed by atoms with Crippen LogP contribution in [0.15, 0.2) is 12.7 Å². The van der Waals surface area contributed by atoms with E-state index in [1.54, 1.807) is 13.0 Å². The van der Waals surface area contributed by atoms with Crippen LogP contribution in [-0.4, -0.2) is 28.8 Å². The molecule has 2 atom stereocenters. The Balaban J connectivity index is 4.15. The first-order valence-corrected chi connectivity index (χ1v) is 7.04. The highest BCUT2D eigenvalue weighted by molar-refractivity contribution is 7.80. The molecule has 0 spiro atoms. The van der Waals surface area contributed by atoms with Crippen molar-refractivity contribution in [1.82, 2.24) is 16.2 Å². The van der Waals surface area contributed by atoms with Crippen molar-refractivity contribution < 1.29 is 9.90 Å². The normalized spacial score (nSPS) is 13.2. The van der Waals surface area contributed by atoms with Gasteiger partial charge >= 0.3 is 0 Å². The van der Waals surface area contributed by atoms with Gasteiger partial charge in [0.25, 0.3) is 0 Å². The number of amides is 1. The average molecular weight is 287 g/mol. The van der Waals surface area contributed by atoms with E-state index in [2.05, 4.69) is 29.7 Å². The second-order valence-electron chi connectivity index (χ2n) is 4.54. The van der Waals surface area contributed by atoms with Crippen LogP contribution >= 0.6 is 12.2 Å². The van der Waals surface area contributed by atoms with Crippen LogP contribution in [0.3, 0.4) is 0 Å². The Morgan fingerprint density at radius 2 is 2.16 bits per heavy atom. The van der Waals surface area contributed by atoms with Crippen molar-refractivity contribution in [2.24, 2.45) is 5.92 Å². The number of nitrogens with one attached hydrogen (secondary N) is 3. The first-order chi connectivity index (χ1) is 9.01. The monoisotopic (exact) mass is 287 g/mol. The fraction of sp³-hybridized carbons (Fsp3) is 0.692. The van der Waals surface area contributed by atoms with Gasteiger partial charge in [0, 0.05) is 12.5 Å². The van der Waals surface area contributed by atoms with Gasteiger partial charge in [0.05, 0.1) is 6.10 Å². The van der Waals surface area contributed by atoms with Crippen molar-refractivity contribution in [3.8, 4) is 0 Å². The van der Waals surface area contributed by atoms with E-state index < -0.39 is 6.10 Å². The molecule has 0 rings (SSSR count). The van der Waals surface area contributed by atoms with Gasteiger partial charge < -0.3 is 10.4 Å². The van der Waals surface area contributed by atoms with Crippen LogP contribution in [0, 0.1) is 5.92 Å². The lowest BCUT2D eigenvalue weighted by Gasteiger charge is -2.19. The van der Waals surface area contributed by atoms with Crippen LogP contribution in [0.1, 0.15) is 39.5 Å². The van der Waals surface area contributed by atoms with Gasteiger partial charge in [0.15, 0.2) is 5.11 Å². The summed E-state index contributed by atoms with van der Waals surface area (Å²) in [6.07, 6.45) is 4.40. The second-order valence-corrected chi connectivity index (χ2v) is 4.95. The number of aliphatic hydroxyl groups excluding tert-OH is 1. The van der Waals surface area contributed by atoms with Gasteiger partial charge in [-0.3, -0.25) is 15.6 Å². The third-order valence-corrected chi connectivity index (χ3v) is 2.86. The SMILES string of the molecule is C=CCNC(=S)NNC(=O)[C@@H](CCCC)C[C@H](C)O. The van der Waals surface area contributed by atoms with Crippen molar-refractivity contribution >= 4 is 23.2 Å². The smallest absolute Gasteiger partial charge is 0.241 e. The van der Waals surface area contributed by atoms with Crippen LogP contribution in [0.4, 0.5) is 0 Å². The first-order valence-electron chi connectivity index (χ1n) is 6.63. The predicted octanol–water partition coefficient (Wildman–Crippen LogP) is 1.24. The third-order valence-electron chi connectivity index (χ3n) is 2.61. The van der Waals surface area contributed by atoms with Crippen molar-refractivity contribution in [3.63, 3.8) is 0 Å². The molecular formula is C13H25N3O2S. The maximum Gasteiger partial charge on any atom is 0.241 e.